The minimum atomic E-state index is -4.37. The van der Waals surface area contributed by atoms with E-state index in [1.54, 1.807) is 11.8 Å². The van der Waals surface area contributed by atoms with Crippen LogP contribution in [0.1, 0.15) is 61.9 Å². The molecule has 3 aromatic rings. The van der Waals surface area contributed by atoms with E-state index in [1.807, 2.05) is 52.1 Å². The molecule has 5 nitrogen and oxygen atoms in total. The Labute approximate surface area is 225 Å². The van der Waals surface area contributed by atoms with Crippen LogP contribution in [-0.4, -0.2) is 33.9 Å². The van der Waals surface area contributed by atoms with E-state index >= 15 is 0 Å². The van der Waals surface area contributed by atoms with Crippen LogP contribution in [0.25, 0.3) is 11.4 Å². The number of hydrogen-bond donors (Lipinski definition) is 0. The van der Waals surface area contributed by atoms with Gasteiger partial charge in [-0.2, -0.15) is 13.2 Å². The Bertz CT molecular complexity index is 1280. The van der Waals surface area contributed by atoms with Crippen molar-refractivity contribution in [2.75, 3.05) is 12.4 Å². The third-order valence-corrected chi connectivity index (χ3v) is 6.88. The molecule has 1 heterocycles. The fraction of sp³-hybridized carbons (Fsp3) is 0.414. The minimum absolute atomic E-state index is 0.142. The predicted molar refractivity (Wildman–Crippen MR) is 141 cm³/mol. The Morgan fingerprint density at radius 2 is 1.79 bits per heavy atom. The van der Waals surface area contributed by atoms with Gasteiger partial charge in [-0.3, -0.25) is 0 Å². The lowest BCUT2D eigenvalue weighted by Gasteiger charge is -2.19. The van der Waals surface area contributed by atoms with Crippen molar-refractivity contribution in [2.45, 2.75) is 69.5 Å². The molecule has 1 fully saturated rings. The molecule has 0 N–H and O–H groups in total. The van der Waals surface area contributed by atoms with Crippen LogP contribution >= 0.6 is 11.8 Å². The molecule has 0 unspecified atom stereocenters. The molecule has 0 atom stereocenters. The van der Waals surface area contributed by atoms with Gasteiger partial charge in [0.25, 0.3) is 0 Å². The first-order valence-corrected chi connectivity index (χ1v) is 13.5. The molecule has 4 rings (SSSR count). The third-order valence-electron chi connectivity index (χ3n) is 5.88. The zero-order chi connectivity index (χ0) is 27.5. The van der Waals surface area contributed by atoms with Crippen LogP contribution in [0.5, 0.6) is 5.75 Å². The Morgan fingerprint density at radius 3 is 2.39 bits per heavy atom. The van der Waals surface area contributed by atoms with Crippen LogP contribution in [0.2, 0.25) is 0 Å². The van der Waals surface area contributed by atoms with Crippen molar-refractivity contribution in [1.82, 2.24) is 9.97 Å². The van der Waals surface area contributed by atoms with Gasteiger partial charge in [0.2, 0.25) is 0 Å². The fourth-order valence-electron chi connectivity index (χ4n) is 3.93. The summed E-state index contributed by atoms with van der Waals surface area (Å²) in [7, 11) is 0. The lowest BCUT2D eigenvalue weighted by Crippen LogP contribution is -2.27. The Balaban J connectivity index is 1.36. The number of ether oxygens (including phenoxy) is 2. The maximum Gasteiger partial charge on any atom is 0.416 e. The number of carbonyl (C=O) groups is 1. The standard InChI is InChI=1S/C29H31F3N2O3S/c1-18-15-23(11-12-24(18)36-17-25(35)37-28(2,3)4)38-14-13-21-16-33-27(34-26(21)19-5-6-19)20-7-9-22(10-8-20)29(30,31)32/h7-12,15-16,19H,5-6,13-14,17H2,1-4H3. The summed E-state index contributed by atoms with van der Waals surface area (Å²) in [6, 6.07) is 10.8. The summed E-state index contributed by atoms with van der Waals surface area (Å²) in [6.07, 6.45) is 0.347. The molecule has 9 heteroatoms. The number of rotatable bonds is 9. The molecule has 2 aromatic carbocycles. The number of aryl methyl sites for hydroxylation is 2. The van der Waals surface area contributed by atoms with Gasteiger partial charge in [-0.05, 0) is 88.4 Å². The monoisotopic (exact) mass is 544 g/mol. The maximum atomic E-state index is 12.9. The Hall–Kier alpha value is -3.07. The first kappa shape index (κ1) is 28.0. The van der Waals surface area contributed by atoms with Gasteiger partial charge >= 0.3 is 12.1 Å². The van der Waals surface area contributed by atoms with Gasteiger partial charge in [0.05, 0.1) is 11.3 Å². The molecule has 38 heavy (non-hydrogen) atoms. The second kappa shape index (κ2) is 11.4. The van der Waals surface area contributed by atoms with E-state index in [0.29, 0.717) is 23.1 Å². The van der Waals surface area contributed by atoms with E-state index in [2.05, 4.69) is 4.98 Å². The van der Waals surface area contributed by atoms with E-state index in [0.717, 1.165) is 58.9 Å². The average Bonchev–Trinajstić information content (AvgIpc) is 3.68. The van der Waals surface area contributed by atoms with Crippen LogP contribution in [-0.2, 0) is 22.1 Å². The molecule has 0 saturated heterocycles. The van der Waals surface area contributed by atoms with Crippen LogP contribution in [0.15, 0.2) is 53.6 Å². The molecule has 1 aromatic heterocycles. The second-order valence-corrected chi connectivity index (χ2v) is 11.5. The molecule has 1 aliphatic carbocycles. The lowest BCUT2D eigenvalue weighted by molar-refractivity contribution is -0.157. The average molecular weight is 545 g/mol. The summed E-state index contributed by atoms with van der Waals surface area (Å²) in [5, 5.41) is 0. The normalized spacial score (nSPS) is 13.9. The highest BCUT2D eigenvalue weighted by atomic mass is 32.2. The van der Waals surface area contributed by atoms with E-state index < -0.39 is 23.3 Å². The van der Waals surface area contributed by atoms with Crippen molar-refractivity contribution >= 4 is 17.7 Å². The largest absolute Gasteiger partial charge is 0.482 e. The van der Waals surface area contributed by atoms with Gasteiger partial charge in [-0.15, -0.1) is 11.8 Å². The highest BCUT2D eigenvalue weighted by Gasteiger charge is 2.31. The van der Waals surface area contributed by atoms with Crippen molar-refractivity contribution in [2.24, 2.45) is 0 Å². The Kier molecular flexibility index (Phi) is 8.35. The van der Waals surface area contributed by atoms with Crippen molar-refractivity contribution < 1.29 is 27.4 Å². The molecular formula is C29H31F3N2O3S. The number of halogens is 3. The topological polar surface area (TPSA) is 61.3 Å². The smallest absolute Gasteiger partial charge is 0.416 e. The molecule has 1 saturated carbocycles. The molecule has 0 radical (unpaired) electrons. The molecule has 0 bridgehead atoms. The summed E-state index contributed by atoms with van der Waals surface area (Å²) in [5.74, 6) is 1.89. The molecule has 0 spiro atoms. The molecule has 0 aliphatic heterocycles. The number of thioether (sulfide) groups is 1. The van der Waals surface area contributed by atoms with Gasteiger partial charge in [0.1, 0.15) is 11.4 Å². The first-order valence-electron chi connectivity index (χ1n) is 12.5. The summed E-state index contributed by atoms with van der Waals surface area (Å²) in [6.45, 7) is 7.24. The van der Waals surface area contributed by atoms with Crippen molar-refractivity contribution in [3.8, 4) is 17.1 Å². The van der Waals surface area contributed by atoms with Crippen LogP contribution in [0.4, 0.5) is 13.2 Å². The minimum Gasteiger partial charge on any atom is -0.482 e. The number of nitrogens with zero attached hydrogens (tertiary/aromatic N) is 2. The summed E-state index contributed by atoms with van der Waals surface area (Å²) < 4.78 is 49.6. The molecule has 202 valence electrons. The summed E-state index contributed by atoms with van der Waals surface area (Å²) >= 11 is 1.71. The van der Waals surface area contributed by atoms with Gasteiger partial charge in [0, 0.05) is 28.3 Å². The second-order valence-electron chi connectivity index (χ2n) is 10.4. The number of carbonyl (C=O) groups excluding carboxylic acids is 1. The quantitative estimate of drug-likeness (QED) is 0.207. The van der Waals surface area contributed by atoms with Gasteiger partial charge in [-0.25, -0.2) is 14.8 Å². The van der Waals surface area contributed by atoms with Crippen molar-refractivity contribution in [1.29, 1.82) is 0 Å². The number of benzene rings is 2. The summed E-state index contributed by atoms with van der Waals surface area (Å²) in [4.78, 5) is 22.2. The molecule has 0 amide bonds. The highest BCUT2D eigenvalue weighted by Crippen LogP contribution is 2.41. The number of alkyl halides is 3. The van der Waals surface area contributed by atoms with Crippen molar-refractivity contribution in [3.63, 3.8) is 0 Å². The fourth-order valence-corrected chi connectivity index (χ4v) is 4.91. The van der Waals surface area contributed by atoms with Crippen LogP contribution in [0, 0.1) is 6.92 Å². The Morgan fingerprint density at radius 1 is 1.08 bits per heavy atom. The molecular weight excluding hydrogens is 513 g/mol. The SMILES string of the molecule is Cc1cc(SCCc2cnc(-c3ccc(C(F)(F)F)cc3)nc2C2CC2)ccc1OCC(=O)OC(C)(C)C. The lowest BCUT2D eigenvalue weighted by atomic mass is 10.1. The number of esters is 1. The van der Waals surface area contributed by atoms with E-state index in [-0.39, 0.29) is 6.61 Å². The van der Waals surface area contributed by atoms with Crippen molar-refractivity contribution in [3.05, 3.63) is 71.0 Å². The van der Waals surface area contributed by atoms with Gasteiger partial charge < -0.3 is 9.47 Å². The maximum absolute atomic E-state index is 12.9. The number of aromatic nitrogens is 2. The first-order chi connectivity index (χ1) is 17.9. The van der Waals surface area contributed by atoms with Gasteiger partial charge in [0.15, 0.2) is 12.4 Å². The summed E-state index contributed by atoms with van der Waals surface area (Å²) in [5.41, 5.74) is 2.34. The zero-order valence-corrected chi connectivity index (χ0v) is 22.7. The van der Waals surface area contributed by atoms with E-state index in [9.17, 15) is 18.0 Å². The predicted octanol–water partition coefficient (Wildman–Crippen LogP) is 7.40. The van der Waals surface area contributed by atoms with Crippen LogP contribution < -0.4 is 4.74 Å². The zero-order valence-electron chi connectivity index (χ0n) is 21.9. The van der Waals surface area contributed by atoms with Gasteiger partial charge in [-0.1, -0.05) is 12.1 Å². The highest BCUT2D eigenvalue weighted by molar-refractivity contribution is 7.99. The number of hydrogen-bond acceptors (Lipinski definition) is 6. The van der Waals surface area contributed by atoms with Crippen LogP contribution in [0.3, 0.4) is 0 Å². The third kappa shape index (κ3) is 7.72. The van der Waals surface area contributed by atoms with E-state index in [1.165, 1.54) is 12.1 Å². The van der Waals surface area contributed by atoms with E-state index in [4.69, 9.17) is 14.5 Å². The molecule has 1 aliphatic rings.